The summed E-state index contributed by atoms with van der Waals surface area (Å²) in [5.41, 5.74) is 1.01. The quantitative estimate of drug-likeness (QED) is 0.844. The lowest BCUT2D eigenvalue weighted by atomic mass is 9.86. The number of hydrogen-bond donors (Lipinski definition) is 1. The van der Waals surface area contributed by atoms with Crippen LogP contribution in [0.3, 0.4) is 0 Å². The number of fused-ring (bicyclic) bond motifs is 1. The molecule has 0 fully saturated rings. The van der Waals surface area contributed by atoms with Crippen molar-refractivity contribution in [3.05, 3.63) is 58.9 Å². The number of ketones is 2. The molecule has 0 radical (unpaired) electrons. The molecule has 0 saturated carbocycles. The second-order valence-corrected chi connectivity index (χ2v) is 6.47. The minimum absolute atomic E-state index is 0.173. The van der Waals surface area contributed by atoms with E-state index in [1.54, 1.807) is 24.3 Å². The number of carbonyl (C=O) groups excluding carboxylic acids is 2. The predicted molar refractivity (Wildman–Crippen MR) is 82.6 cm³/mol. The molecular weight excluding hydrogens is 264 g/mol. The molecule has 0 spiro atoms. The van der Waals surface area contributed by atoms with E-state index in [1.807, 2.05) is 12.2 Å². The summed E-state index contributed by atoms with van der Waals surface area (Å²) in [6.45, 7) is 6.37. The lowest BCUT2D eigenvalue weighted by Crippen LogP contribution is -2.21. The van der Waals surface area contributed by atoms with E-state index in [4.69, 9.17) is 0 Å². The van der Waals surface area contributed by atoms with Gasteiger partial charge in [0.1, 0.15) is 0 Å². The summed E-state index contributed by atoms with van der Waals surface area (Å²) in [7, 11) is 0. The number of Topliss-reactive ketones (excluding diaryl/α,β-unsaturated/α-hetero) is 2. The average Bonchev–Trinajstić information content (AvgIpc) is 2.43. The Morgan fingerprint density at radius 1 is 1.00 bits per heavy atom. The van der Waals surface area contributed by atoms with Crippen molar-refractivity contribution >= 4 is 11.6 Å². The lowest BCUT2D eigenvalue weighted by molar-refractivity contribution is 0.0927. The first-order chi connectivity index (χ1) is 9.81. The second-order valence-electron chi connectivity index (χ2n) is 6.47. The Labute approximate surface area is 125 Å². The molecule has 0 saturated heterocycles. The Morgan fingerprint density at radius 3 is 2.14 bits per heavy atom. The van der Waals surface area contributed by atoms with Crippen LogP contribution in [0.5, 0.6) is 0 Å². The molecule has 3 heteroatoms. The Kier molecular flexibility index (Phi) is 4.12. The third-order valence-corrected chi connectivity index (χ3v) is 3.41. The molecule has 1 aliphatic carbocycles. The zero-order valence-corrected chi connectivity index (χ0v) is 12.6. The molecule has 1 aromatic carbocycles. The molecule has 0 heterocycles. The number of benzene rings is 1. The minimum atomic E-state index is -0.468. The zero-order chi connectivity index (χ0) is 15.6. The first kappa shape index (κ1) is 15.2. The molecule has 1 N–H and O–H groups in total. The number of aliphatic hydroxyl groups is 1. The molecule has 0 aromatic heterocycles. The van der Waals surface area contributed by atoms with Gasteiger partial charge in [-0.3, -0.25) is 9.59 Å². The molecule has 1 aromatic rings. The highest BCUT2D eigenvalue weighted by Gasteiger charge is 2.30. The van der Waals surface area contributed by atoms with Gasteiger partial charge in [-0.2, -0.15) is 0 Å². The first-order valence-electron chi connectivity index (χ1n) is 7.07. The first-order valence-corrected chi connectivity index (χ1v) is 7.07. The van der Waals surface area contributed by atoms with Gasteiger partial charge < -0.3 is 5.11 Å². The van der Waals surface area contributed by atoms with Crippen LogP contribution in [0.2, 0.25) is 0 Å². The van der Waals surface area contributed by atoms with Crippen molar-refractivity contribution in [2.75, 3.05) is 0 Å². The maximum atomic E-state index is 12.4. The Bertz CT molecular complexity index is 643. The van der Waals surface area contributed by atoms with Gasteiger partial charge in [-0.05, 0) is 18.3 Å². The van der Waals surface area contributed by atoms with Crippen LogP contribution in [0.1, 0.15) is 54.3 Å². The standard InChI is InChI=1S/C18H20O3/c1-18(2,3)11-7-6-10-14-15(19)12-8-4-5-9-13(12)16(20)17(14)21/h4-9,21H,10-11H2,1-3H3. The monoisotopic (exact) mass is 284 g/mol. The molecule has 21 heavy (non-hydrogen) atoms. The van der Waals surface area contributed by atoms with Gasteiger partial charge in [-0.15, -0.1) is 0 Å². The van der Waals surface area contributed by atoms with Gasteiger partial charge >= 0.3 is 0 Å². The molecule has 0 unspecified atom stereocenters. The van der Waals surface area contributed by atoms with Crippen LogP contribution < -0.4 is 0 Å². The molecule has 1 aliphatic rings. The predicted octanol–water partition coefficient (Wildman–Crippen LogP) is 4.26. The Morgan fingerprint density at radius 2 is 1.57 bits per heavy atom. The van der Waals surface area contributed by atoms with Gasteiger partial charge in [0.2, 0.25) is 5.78 Å². The summed E-state index contributed by atoms with van der Waals surface area (Å²) < 4.78 is 0. The number of aliphatic hydroxyl groups excluding tert-OH is 1. The van der Waals surface area contributed by atoms with E-state index in [0.29, 0.717) is 5.56 Å². The molecule has 0 amide bonds. The number of carbonyl (C=O) groups is 2. The van der Waals surface area contributed by atoms with E-state index in [0.717, 1.165) is 6.42 Å². The largest absolute Gasteiger partial charge is 0.504 e. The lowest BCUT2D eigenvalue weighted by Gasteiger charge is -2.17. The van der Waals surface area contributed by atoms with Crippen LogP contribution in [0.25, 0.3) is 0 Å². The van der Waals surface area contributed by atoms with Crippen LogP contribution in [-0.2, 0) is 0 Å². The smallest absolute Gasteiger partial charge is 0.228 e. The summed E-state index contributed by atoms with van der Waals surface area (Å²) in [5.74, 6) is -1.15. The van der Waals surface area contributed by atoms with Crippen molar-refractivity contribution in [1.29, 1.82) is 0 Å². The van der Waals surface area contributed by atoms with E-state index in [-0.39, 0.29) is 28.8 Å². The van der Waals surface area contributed by atoms with Crippen molar-refractivity contribution < 1.29 is 14.7 Å². The maximum Gasteiger partial charge on any atom is 0.228 e. The topological polar surface area (TPSA) is 54.4 Å². The van der Waals surface area contributed by atoms with Crippen molar-refractivity contribution in [3.8, 4) is 0 Å². The molecular formula is C18H20O3. The summed E-state index contributed by atoms with van der Waals surface area (Å²) >= 11 is 0. The van der Waals surface area contributed by atoms with Crippen molar-refractivity contribution in [2.24, 2.45) is 5.41 Å². The molecule has 2 rings (SSSR count). The maximum absolute atomic E-state index is 12.4. The fourth-order valence-corrected chi connectivity index (χ4v) is 2.24. The van der Waals surface area contributed by atoms with Crippen LogP contribution >= 0.6 is 0 Å². The van der Waals surface area contributed by atoms with E-state index >= 15 is 0 Å². The highest BCUT2D eigenvalue weighted by molar-refractivity contribution is 6.26. The van der Waals surface area contributed by atoms with Crippen LogP contribution in [0.4, 0.5) is 0 Å². The van der Waals surface area contributed by atoms with E-state index in [2.05, 4.69) is 20.8 Å². The molecule has 3 nitrogen and oxygen atoms in total. The summed E-state index contributed by atoms with van der Waals surface area (Å²) in [6.07, 6.45) is 4.98. The molecule has 110 valence electrons. The Balaban J connectivity index is 2.23. The van der Waals surface area contributed by atoms with Crippen LogP contribution in [0.15, 0.2) is 47.7 Å². The van der Waals surface area contributed by atoms with E-state index in [9.17, 15) is 14.7 Å². The third kappa shape index (κ3) is 3.30. The van der Waals surface area contributed by atoms with E-state index in [1.165, 1.54) is 0 Å². The van der Waals surface area contributed by atoms with Gasteiger partial charge in [-0.1, -0.05) is 57.2 Å². The van der Waals surface area contributed by atoms with Crippen molar-refractivity contribution in [1.82, 2.24) is 0 Å². The van der Waals surface area contributed by atoms with Gasteiger partial charge in [0.25, 0.3) is 0 Å². The minimum Gasteiger partial charge on any atom is -0.504 e. The summed E-state index contributed by atoms with van der Waals surface area (Å²) in [6, 6.07) is 6.60. The number of hydrogen-bond acceptors (Lipinski definition) is 3. The zero-order valence-electron chi connectivity index (χ0n) is 12.6. The number of rotatable bonds is 3. The van der Waals surface area contributed by atoms with E-state index < -0.39 is 11.5 Å². The highest BCUT2D eigenvalue weighted by atomic mass is 16.3. The highest BCUT2D eigenvalue weighted by Crippen LogP contribution is 2.27. The van der Waals surface area contributed by atoms with Crippen molar-refractivity contribution in [2.45, 2.75) is 33.6 Å². The molecule has 0 bridgehead atoms. The molecule has 0 aliphatic heterocycles. The van der Waals surface area contributed by atoms with Crippen LogP contribution in [-0.4, -0.2) is 16.7 Å². The summed E-state index contributed by atoms with van der Waals surface area (Å²) in [5, 5.41) is 9.99. The van der Waals surface area contributed by atoms with Crippen molar-refractivity contribution in [3.63, 3.8) is 0 Å². The molecule has 0 atom stereocenters. The van der Waals surface area contributed by atoms with Crippen LogP contribution in [0, 0.1) is 5.41 Å². The fourth-order valence-electron chi connectivity index (χ4n) is 2.24. The summed E-state index contributed by atoms with van der Waals surface area (Å²) in [4.78, 5) is 24.4. The fraction of sp³-hybridized carbons (Fsp3) is 0.333. The average molecular weight is 284 g/mol. The Hall–Kier alpha value is -2.16. The normalized spacial score (nSPS) is 15.8. The van der Waals surface area contributed by atoms with Gasteiger partial charge in [0.15, 0.2) is 11.5 Å². The van der Waals surface area contributed by atoms with Gasteiger partial charge in [-0.25, -0.2) is 0 Å². The van der Waals surface area contributed by atoms with Gasteiger partial charge in [0, 0.05) is 16.7 Å². The second kappa shape index (κ2) is 5.68. The SMILES string of the molecule is CC(C)(C)CC=CCC1=C(O)C(=O)c2ccccc2C1=O. The van der Waals surface area contributed by atoms with Gasteiger partial charge in [0.05, 0.1) is 0 Å². The number of allylic oxidation sites excluding steroid dienone is 4. The third-order valence-electron chi connectivity index (χ3n) is 3.41.